The Morgan fingerprint density at radius 3 is 2.62 bits per heavy atom. The van der Waals surface area contributed by atoms with E-state index in [0.29, 0.717) is 17.2 Å². The van der Waals surface area contributed by atoms with Crippen LogP contribution in [0.5, 0.6) is 0 Å². The van der Waals surface area contributed by atoms with E-state index < -0.39 is 0 Å². The smallest absolute Gasteiger partial charge is 0.258 e. The summed E-state index contributed by atoms with van der Waals surface area (Å²) in [5, 5.41) is 0.529. The van der Waals surface area contributed by atoms with Crippen molar-refractivity contribution in [1.82, 2.24) is 14.3 Å². The van der Waals surface area contributed by atoms with Crippen LogP contribution in [0.1, 0.15) is 11.3 Å². The molecule has 6 heteroatoms. The molecule has 1 aromatic carbocycles. The number of benzene rings is 1. The zero-order valence-electron chi connectivity index (χ0n) is 14.7. The lowest BCUT2D eigenvalue weighted by molar-refractivity contribution is 0.247. The maximum absolute atomic E-state index is 12.3. The van der Waals surface area contributed by atoms with Crippen LogP contribution in [0.4, 0.5) is 5.69 Å². The highest BCUT2D eigenvalue weighted by Crippen LogP contribution is 2.21. The number of pyridine rings is 1. The van der Waals surface area contributed by atoms with E-state index in [1.807, 2.05) is 0 Å². The van der Waals surface area contributed by atoms with Gasteiger partial charge in [0, 0.05) is 50.7 Å². The van der Waals surface area contributed by atoms with E-state index >= 15 is 0 Å². The van der Waals surface area contributed by atoms with E-state index in [1.165, 1.54) is 15.7 Å². The number of rotatable bonds is 3. The molecule has 0 spiro atoms. The molecule has 0 bridgehead atoms. The van der Waals surface area contributed by atoms with Crippen molar-refractivity contribution in [2.45, 2.75) is 13.5 Å². The number of aryl methyl sites for hydroxylation is 1. The molecule has 134 valence electrons. The van der Waals surface area contributed by atoms with E-state index in [-0.39, 0.29) is 5.56 Å². The van der Waals surface area contributed by atoms with Gasteiger partial charge in [-0.1, -0.05) is 29.8 Å². The number of aromatic nitrogens is 2. The lowest BCUT2D eigenvalue weighted by Gasteiger charge is -2.36. The second-order valence-corrected chi connectivity index (χ2v) is 7.15. The van der Waals surface area contributed by atoms with Gasteiger partial charge in [-0.15, -0.1) is 0 Å². The van der Waals surface area contributed by atoms with Gasteiger partial charge in [-0.3, -0.25) is 14.1 Å². The fourth-order valence-electron chi connectivity index (χ4n) is 3.50. The van der Waals surface area contributed by atoms with Gasteiger partial charge in [0.15, 0.2) is 0 Å². The molecule has 5 nitrogen and oxygen atoms in total. The van der Waals surface area contributed by atoms with E-state index in [2.05, 4.69) is 46.0 Å². The fraction of sp³-hybridized carbons (Fsp3) is 0.300. The molecule has 0 atom stereocenters. The second-order valence-electron chi connectivity index (χ2n) is 6.71. The van der Waals surface area contributed by atoms with E-state index in [1.54, 1.807) is 24.4 Å². The Morgan fingerprint density at radius 2 is 1.85 bits per heavy atom. The van der Waals surface area contributed by atoms with Crippen LogP contribution in [0.2, 0.25) is 5.02 Å². The maximum atomic E-state index is 12.3. The van der Waals surface area contributed by atoms with Gasteiger partial charge in [0.2, 0.25) is 0 Å². The highest BCUT2D eigenvalue weighted by atomic mass is 35.5. The van der Waals surface area contributed by atoms with Crippen LogP contribution in [-0.2, 0) is 6.54 Å². The van der Waals surface area contributed by atoms with Crippen LogP contribution in [0.15, 0.2) is 53.5 Å². The first-order chi connectivity index (χ1) is 12.6. The summed E-state index contributed by atoms with van der Waals surface area (Å²) in [5.74, 6) is 0. The molecule has 1 saturated heterocycles. The molecular formula is C20H21ClN4O. The van der Waals surface area contributed by atoms with Crippen LogP contribution in [0.25, 0.3) is 5.65 Å². The molecule has 1 fully saturated rings. The molecule has 3 heterocycles. The minimum absolute atomic E-state index is 0.0916. The van der Waals surface area contributed by atoms with Crippen molar-refractivity contribution in [3.63, 3.8) is 0 Å². The number of nitrogens with zero attached hydrogens (tertiary/aromatic N) is 4. The van der Waals surface area contributed by atoms with Crippen LogP contribution in [0.3, 0.4) is 0 Å². The van der Waals surface area contributed by atoms with Gasteiger partial charge >= 0.3 is 0 Å². The number of piperazine rings is 1. The third kappa shape index (κ3) is 3.45. The topological polar surface area (TPSA) is 40.9 Å². The Bertz CT molecular complexity index is 993. The Kier molecular flexibility index (Phi) is 4.66. The quantitative estimate of drug-likeness (QED) is 0.712. The normalized spacial score (nSPS) is 15.5. The molecule has 0 aliphatic carbocycles. The standard InChI is InChI=1S/C20H21ClN4O/c1-15-4-2-3-5-18(15)24-10-8-23(9-11-24)14-17-12-20(26)25-13-16(21)6-7-19(25)22-17/h2-7,12-13H,8-11,14H2,1H3. The molecule has 1 aliphatic heterocycles. The summed E-state index contributed by atoms with van der Waals surface area (Å²) in [6, 6.07) is 13.6. The van der Waals surface area contributed by atoms with Crippen LogP contribution >= 0.6 is 11.6 Å². The molecule has 0 radical (unpaired) electrons. The van der Waals surface area contributed by atoms with Crippen LogP contribution in [-0.4, -0.2) is 40.5 Å². The van der Waals surface area contributed by atoms with Gasteiger partial charge in [0.1, 0.15) is 5.65 Å². The molecule has 4 rings (SSSR count). The van der Waals surface area contributed by atoms with Crippen molar-refractivity contribution < 1.29 is 0 Å². The van der Waals surface area contributed by atoms with Gasteiger partial charge in [0.05, 0.1) is 10.7 Å². The average Bonchev–Trinajstić information content (AvgIpc) is 2.64. The largest absolute Gasteiger partial charge is 0.369 e. The first-order valence-corrected chi connectivity index (χ1v) is 9.19. The van der Waals surface area contributed by atoms with Gasteiger partial charge in [-0.2, -0.15) is 0 Å². The Labute approximate surface area is 157 Å². The minimum Gasteiger partial charge on any atom is -0.369 e. The summed E-state index contributed by atoms with van der Waals surface area (Å²) in [5.41, 5.74) is 3.97. The third-order valence-corrected chi connectivity index (χ3v) is 5.11. The van der Waals surface area contributed by atoms with Crippen molar-refractivity contribution in [2.75, 3.05) is 31.1 Å². The molecule has 3 aromatic rings. The number of para-hydroxylation sites is 1. The first-order valence-electron chi connectivity index (χ1n) is 8.81. The van der Waals surface area contributed by atoms with E-state index in [4.69, 9.17) is 11.6 Å². The zero-order chi connectivity index (χ0) is 18.1. The highest BCUT2D eigenvalue weighted by Gasteiger charge is 2.19. The molecule has 2 aromatic heterocycles. The van der Waals surface area contributed by atoms with Crippen LogP contribution in [0, 0.1) is 6.92 Å². The molecule has 26 heavy (non-hydrogen) atoms. The summed E-state index contributed by atoms with van der Waals surface area (Å²) in [4.78, 5) is 21.7. The van der Waals surface area contributed by atoms with Gasteiger partial charge in [-0.05, 0) is 30.7 Å². The van der Waals surface area contributed by atoms with Crippen molar-refractivity contribution in [1.29, 1.82) is 0 Å². The number of hydrogen-bond acceptors (Lipinski definition) is 4. The monoisotopic (exact) mass is 368 g/mol. The predicted octanol–water partition coefficient (Wildman–Crippen LogP) is 2.98. The molecule has 1 aliphatic rings. The highest BCUT2D eigenvalue weighted by molar-refractivity contribution is 6.30. The Balaban J connectivity index is 1.46. The number of anilines is 1. The summed E-state index contributed by atoms with van der Waals surface area (Å²) in [7, 11) is 0. The summed E-state index contributed by atoms with van der Waals surface area (Å²) in [6.07, 6.45) is 1.61. The van der Waals surface area contributed by atoms with E-state index in [9.17, 15) is 4.79 Å². The molecule has 0 saturated carbocycles. The SMILES string of the molecule is Cc1ccccc1N1CCN(Cc2cc(=O)n3cc(Cl)ccc3n2)CC1. The molecule has 0 unspecified atom stereocenters. The third-order valence-electron chi connectivity index (χ3n) is 4.89. The van der Waals surface area contributed by atoms with Crippen molar-refractivity contribution >= 4 is 22.9 Å². The van der Waals surface area contributed by atoms with Gasteiger partial charge in [-0.25, -0.2) is 4.98 Å². The zero-order valence-corrected chi connectivity index (χ0v) is 15.5. The van der Waals surface area contributed by atoms with Gasteiger partial charge < -0.3 is 4.90 Å². The van der Waals surface area contributed by atoms with Crippen molar-refractivity contribution in [2.24, 2.45) is 0 Å². The lowest BCUT2D eigenvalue weighted by atomic mass is 10.1. The van der Waals surface area contributed by atoms with Crippen molar-refractivity contribution in [3.8, 4) is 0 Å². The number of fused-ring (bicyclic) bond motifs is 1. The number of halogens is 1. The van der Waals surface area contributed by atoms with Gasteiger partial charge in [0.25, 0.3) is 5.56 Å². The van der Waals surface area contributed by atoms with Crippen LogP contribution < -0.4 is 10.5 Å². The second kappa shape index (κ2) is 7.09. The Hall–Kier alpha value is -2.37. The van der Waals surface area contributed by atoms with E-state index in [0.717, 1.165) is 31.9 Å². The van der Waals surface area contributed by atoms with Crippen molar-refractivity contribution in [3.05, 3.63) is 75.3 Å². The molecule has 0 N–H and O–H groups in total. The summed E-state index contributed by atoms with van der Waals surface area (Å²) < 4.78 is 1.49. The predicted molar refractivity (Wildman–Crippen MR) is 105 cm³/mol. The fourth-order valence-corrected chi connectivity index (χ4v) is 3.66. The summed E-state index contributed by atoms with van der Waals surface area (Å²) >= 11 is 5.96. The summed E-state index contributed by atoms with van der Waals surface area (Å²) in [6.45, 7) is 6.71. The molecule has 0 amide bonds. The first kappa shape index (κ1) is 17.1. The average molecular weight is 369 g/mol. The Morgan fingerprint density at radius 1 is 1.08 bits per heavy atom. The number of hydrogen-bond donors (Lipinski definition) is 0. The maximum Gasteiger partial charge on any atom is 0.258 e. The molecular weight excluding hydrogens is 348 g/mol. The lowest BCUT2D eigenvalue weighted by Crippen LogP contribution is -2.46. The minimum atomic E-state index is -0.0916.